The summed E-state index contributed by atoms with van der Waals surface area (Å²) in [7, 11) is 0. The standard InChI is InChI=1S/C44H35N3O2/c1-27-10-20-40(29(3)22-27)47(41-21-11-28(2)23-30(41)4)37-17-14-31(15-18-37)33-12-13-34-24-36-25-35(16-19-38(36)42(48)39(34)26-33)44-46-45-43(49-44)32-8-6-5-7-9-32/h5-23,25-26H,24H2,1-4H3. The summed E-state index contributed by atoms with van der Waals surface area (Å²) in [6, 6.07) is 43.6. The van der Waals surface area contributed by atoms with Crippen molar-refractivity contribution >= 4 is 22.8 Å². The van der Waals surface area contributed by atoms with Gasteiger partial charge in [0.05, 0.1) is 0 Å². The summed E-state index contributed by atoms with van der Waals surface area (Å²) in [5, 5.41) is 8.52. The van der Waals surface area contributed by atoms with Gasteiger partial charge in [0.1, 0.15) is 0 Å². The minimum Gasteiger partial charge on any atom is -0.416 e. The molecule has 0 radical (unpaired) electrons. The number of fused-ring (bicyclic) bond motifs is 2. The van der Waals surface area contributed by atoms with Crippen LogP contribution in [0.25, 0.3) is 34.0 Å². The zero-order chi connectivity index (χ0) is 33.6. The van der Waals surface area contributed by atoms with Crippen LogP contribution in [0, 0.1) is 27.7 Å². The number of hydrogen-bond donors (Lipinski definition) is 0. The van der Waals surface area contributed by atoms with Crippen LogP contribution in [-0.4, -0.2) is 16.0 Å². The molecule has 49 heavy (non-hydrogen) atoms. The molecule has 238 valence electrons. The molecule has 7 aromatic rings. The fourth-order valence-electron chi connectivity index (χ4n) is 6.93. The minimum absolute atomic E-state index is 0.0349. The fraction of sp³-hybridized carbons (Fsp3) is 0.114. The first-order chi connectivity index (χ1) is 23.8. The maximum atomic E-state index is 13.8. The molecule has 0 atom stereocenters. The van der Waals surface area contributed by atoms with Gasteiger partial charge in [-0.05, 0) is 128 Å². The average molecular weight is 638 g/mol. The van der Waals surface area contributed by atoms with Gasteiger partial charge >= 0.3 is 0 Å². The van der Waals surface area contributed by atoms with Crippen LogP contribution >= 0.6 is 0 Å². The molecule has 6 aromatic carbocycles. The van der Waals surface area contributed by atoms with E-state index in [2.05, 4.69) is 116 Å². The molecule has 1 heterocycles. The van der Waals surface area contributed by atoms with Crippen LogP contribution in [0.4, 0.5) is 17.1 Å². The molecule has 0 aliphatic heterocycles. The van der Waals surface area contributed by atoms with Crippen molar-refractivity contribution in [2.75, 3.05) is 4.90 Å². The molecule has 1 aliphatic rings. The Balaban J connectivity index is 1.08. The van der Waals surface area contributed by atoms with Gasteiger partial charge in [-0.2, -0.15) is 0 Å². The van der Waals surface area contributed by atoms with Crippen molar-refractivity contribution < 1.29 is 9.21 Å². The number of anilines is 3. The second-order valence-electron chi connectivity index (χ2n) is 13.0. The molecule has 0 N–H and O–H groups in total. The van der Waals surface area contributed by atoms with E-state index < -0.39 is 0 Å². The lowest BCUT2D eigenvalue weighted by Gasteiger charge is -2.29. The maximum Gasteiger partial charge on any atom is 0.248 e. The molecule has 0 saturated carbocycles. The predicted molar refractivity (Wildman–Crippen MR) is 197 cm³/mol. The second kappa shape index (κ2) is 12.2. The Morgan fingerprint density at radius 2 is 1.14 bits per heavy atom. The second-order valence-corrected chi connectivity index (χ2v) is 13.0. The molecule has 0 amide bonds. The van der Waals surface area contributed by atoms with Gasteiger partial charge in [-0.3, -0.25) is 4.79 Å². The van der Waals surface area contributed by atoms with Gasteiger partial charge in [-0.15, -0.1) is 10.2 Å². The van der Waals surface area contributed by atoms with Crippen LogP contribution in [-0.2, 0) is 6.42 Å². The van der Waals surface area contributed by atoms with Gasteiger partial charge in [0.2, 0.25) is 11.8 Å². The van der Waals surface area contributed by atoms with E-state index >= 15 is 0 Å². The summed E-state index contributed by atoms with van der Waals surface area (Å²) >= 11 is 0. The van der Waals surface area contributed by atoms with E-state index in [4.69, 9.17) is 4.42 Å². The Labute approximate surface area is 286 Å². The highest BCUT2D eigenvalue weighted by Gasteiger charge is 2.25. The molecule has 0 fully saturated rings. The number of aryl methyl sites for hydroxylation is 4. The highest BCUT2D eigenvalue weighted by molar-refractivity contribution is 6.13. The lowest BCUT2D eigenvalue weighted by molar-refractivity contribution is 0.103. The van der Waals surface area contributed by atoms with E-state index in [0.717, 1.165) is 56.0 Å². The molecule has 0 unspecified atom stereocenters. The van der Waals surface area contributed by atoms with Gasteiger partial charge in [0.25, 0.3) is 0 Å². The number of carbonyl (C=O) groups is 1. The van der Waals surface area contributed by atoms with Crippen LogP contribution in [0.5, 0.6) is 0 Å². The third-order valence-corrected chi connectivity index (χ3v) is 9.42. The number of ketones is 1. The molecule has 5 nitrogen and oxygen atoms in total. The van der Waals surface area contributed by atoms with Gasteiger partial charge in [-0.25, -0.2) is 0 Å². The van der Waals surface area contributed by atoms with Gasteiger partial charge in [0.15, 0.2) is 5.78 Å². The van der Waals surface area contributed by atoms with E-state index in [1.165, 1.54) is 22.3 Å². The SMILES string of the molecule is Cc1ccc(N(c2ccc(-c3ccc4c(c3)C(=O)c3ccc(-c5nnc(-c6ccccc6)o5)cc3C4)cc2)c2ccc(C)cc2C)c(C)c1. The zero-order valence-electron chi connectivity index (χ0n) is 28.0. The van der Waals surface area contributed by atoms with Crippen LogP contribution in [0.1, 0.15) is 49.3 Å². The predicted octanol–water partition coefficient (Wildman–Crippen LogP) is 10.9. The first-order valence-corrected chi connectivity index (χ1v) is 16.6. The lowest BCUT2D eigenvalue weighted by atomic mass is 9.83. The van der Waals surface area contributed by atoms with Crippen molar-refractivity contribution in [3.8, 4) is 34.0 Å². The summed E-state index contributed by atoms with van der Waals surface area (Å²) in [6.07, 6.45) is 0.657. The Kier molecular flexibility index (Phi) is 7.53. The van der Waals surface area contributed by atoms with Crippen molar-refractivity contribution in [2.24, 2.45) is 0 Å². The van der Waals surface area contributed by atoms with Crippen molar-refractivity contribution in [1.82, 2.24) is 10.2 Å². The molecule has 1 aromatic heterocycles. The summed E-state index contributed by atoms with van der Waals surface area (Å²) in [5.74, 6) is 0.943. The summed E-state index contributed by atoms with van der Waals surface area (Å²) in [4.78, 5) is 16.2. The minimum atomic E-state index is 0.0349. The molecule has 5 heteroatoms. The molecule has 1 aliphatic carbocycles. The molecule has 0 spiro atoms. The first kappa shape index (κ1) is 30.3. The van der Waals surface area contributed by atoms with Crippen LogP contribution in [0.2, 0.25) is 0 Å². The van der Waals surface area contributed by atoms with Gasteiger partial charge in [-0.1, -0.05) is 77.9 Å². The largest absolute Gasteiger partial charge is 0.416 e. The normalized spacial score (nSPS) is 12.0. The molecule has 0 bridgehead atoms. The van der Waals surface area contributed by atoms with Crippen molar-refractivity contribution in [3.05, 3.63) is 172 Å². The highest BCUT2D eigenvalue weighted by atomic mass is 16.4. The molecular formula is C44H35N3O2. The summed E-state index contributed by atoms with van der Waals surface area (Å²) in [5.41, 5.74) is 15.5. The Bertz CT molecular complexity index is 2320. The van der Waals surface area contributed by atoms with E-state index in [9.17, 15) is 4.79 Å². The van der Waals surface area contributed by atoms with Gasteiger partial charge < -0.3 is 9.32 Å². The van der Waals surface area contributed by atoms with Crippen LogP contribution < -0.4 is 4.90 Å². The van der Waals surface area contributed by atoms with E-state index in [1.807, 2.05) is 54.6 Å². The molecule has 8 rings (SSSR count). The molecular weight excluding hydrogens is 603 g/mol. The topological polar surface area (TPSA) is 59.2 Å². The number of carbonyl (C=O) groups excluding carboxylic acids is 1. The Morgan fingerprint density at radius 3 is 1.80 bits per heavy atom. The Morgan fingerprint density at radius 1 is 0.531 bits per heavy atom. The number of nitrogens with zero attached hydrogens (tertiary/aromatic N) is 3. The first-order valence-electron chi connectivity index (χ1n) is 16.6. The summed E-state index contributed by atoms with van der Waals surface area (Å²) < 4.78 is 5.99. The summed E-state index contributed by atoms with van der Waals surface area (Å²) in [6.45, 7) is 8.60. The van der Waals surface area contributed by atoms with E-state index in [0.29, 0.717) is 23.8 Å². The zero-order valence-corrected chi connectivity index (χ0v) is 28.0. The number of benzene rings is 6. The van der Waals surface area contributed by atoms with Gasteiger partial charge in [0, 0.05) is 39.3 Å². The highest BCUT2D eigenvalue weighted by Crippen LogP contribution is 2.40. The monoisotopic (exact) mass is 637 g/mol. The lowest BCUT2D eigenvalue weighted by Crippen LogP contribution is -2.15. The van der Waals surface area contributed by atoms with E-state index in [-0.39, 0.29) is 5.78 Å². The third kappa shape index (κ3) is 5.63. The van der Waals surface area contributed by atoms with Crippen molar-refractivity contribution in [3.63, 3.8) is 0 Å². The molecule has 0 saturated heterocycles. The van der Waals surface area contributed by atoms with Crippen molar-refractivity contribution in [2.45, 2.75) is 34.1 Å². The fourth-order valence-corrected chi connectivity index (χ4v) is 6.93. The number of rotatable bonds is 6. The number of hydrogen-bond acceptors (Lipinski definition) is 5. The van der Waals surface area contributed by atoms with Crippen LogP contribution in [0.3, 0.4) is 0 Å². The third-order valence-electron chi connectivity index (χ3n) is 9.42. The number of aromatic nitrogens is 2. The Hall–Kier alpha value is -6.07. The van der Waals surface area contributed by atoms with E-state index in [1.54, 1.807) is 0 Å². The van der Waals surface area contributed by atoms with Crippen molar-refractivity contribution in [1.29, 1.82) is 0 Å². The quantitative estimate of drug-likeness (QED) is 0.182. The van der Waals surface area contributed by atoms with Crippen LogP contribution in [0.15, 0.2) is 132 Å². The maximum absolute atomic E-state index is 13.8. The smallest absolute Gasteiger partial charge is 0.248 e. The average Bonchev–Trinajstić information content (AvgIpc) is 3.61.